The lowest BCUT2D eigenvalue weighted by Crippen LogP contribution is -2.57. The molecule has 0 radical (unpaired) electrons. The Labute approximate surface area is 117 Å². The number of nitrogens with zero attached hydrogens (tertiary/aromatic N) is 1. The number of rotatable bonds is 3. The van der Waals surface area contributed by atoms with Crippen molar-refractivity contribution in [2.75, 3.05) is 0 Å². The summed E-state index contributed by atoms with van der Waals surface area (Å²) >= 11 is 5.15. The van der Waals surface area contributed by atoms with E-state index in [0.717, 1.165) is 32.1 Å². The first-order chi connectivity index (χ1) is 8.94. The molecule has 1 amide bonds. The Morgan fingerprint density at radius 1 is 1.37 bits per heavy atom. The van der Waals surface area contributed by atoms with Gasteiger partial charge in [0.25, 0.3) is 5.91 Å². The number of amides is 1. The number of thiocarbonyl (C=S) groups is 1. The number of hydrogen-bond donors (Lipinski definition) is 2. The zero-order chi connectivity index (χ0) is 14.0. The molecule has 1 aromatic rings. The monoisotopic (exact) mass is 281 g/mol. The van der Waals surface area contributed by atoms with Crippen LogP contribution >= 0.6 is 12.2 Å². The molecule has 1 aliphatic carbocycles. The van der Waals surface area contributed by atoms with Crippen LogP contribution in [0.5, 0.6) is 0 Å². The molecule has 0 aliphatic heterocycles. The highest BCUT2D eigenvalue weighted by Gasteiger charge is 2.37. The predicted octanol–water partition coefficient (Wildman–Crippen LogP) is 2.01. The van der Waals surface area contributed by atoms with E-state index >= 15 is 0 Å². The number of carbonyl (C=O) groups is 1. The van der Waals surface area contributed by atoms with Crippen LogP contribution in [-0.4, -0.2) is 21.4 Å². The molecule has 0 spiro atoms. The second-order valence-corrected chi connectivity index (χ2v) is 5.55. The van der Waals surface area contributed by atoms with Crippen molar-refractivity contribution >= 4 is 23.1 Å². The first-order valence-electron chi connectivity index (χ1n) is 6.51. The van der Waals surface area contributed by atoms with E-state index < -0.39 is 5.54 Å². The Morgan fingerprint density at radius 2 is 2.00 bits per heavy atom. The van der Waals surface area contributed by atoms with E-state index in [-0.39, 0.29) is 11.7 Å². The van der Waals surface area contributed by atoms with Crippen molar-refractivity contribution in [1.82, 2.24) is 10.3 Å². The SMILES string of the molecule is Cc1nc(C)c(C(=O)NC2(C(N)=S)CCCCC2)o1. The predicted molar refractivity (Wildman–Crippen MR) is 76.0 cm³/mol. The summed E-state index contributed by atoms with van der Waals surface area (Å²) in [7, 11) is 0. The third kappa shape index (κ3) is 2.78. The molecule has 5 nitrogen and oxygen atoms in total. The minimum absolute atomic E-state index is 0.249. The van der Waals surface area contributed by atoms with Gasteiger partial charge in [-0.25, -0.2) is 4.98 Å². The fourth-order valence-electron chi connectivity index (χ4n) is 2.60. The number of hydrogen-bond acceptors (Lipinski definition) is 4. The van der Waals surface area contributed by atoms with E-state index in [1.165, 1.54) is 0 Å². The Bertz CT molecular complexity index is 504. The van der Waals surface area contributed by atoms with E-state index in [0.29, 0.717) is 16.6 Å². The van der Waals surface area contributed by atoms with Gasteiger partial charge >= 0.3 is 0 Å². The van der Waals surface area contributed by atoms with Crippen LogP contribution in [0, 0.1) is 13.8 Å². The van der Waals surface area contributed by atoms with Crippen molar-refractivity contribution in [2.24, 2.45) is 5.73 Å². The Morgan fingerprint density at radius 3 is 2.47 bits per heavy atom. The maximum Gasteiger partial charge on any atom is 0.289 e. The van der Waals surface area contributed by atoms with Gasteiger partial charge in [-0.3, -0.25) is 4.79 Å². The largest absolute Gasteiger partial charge is 0.436 e. The molecule has 1 fully saturated rings. The summed E-state index contributed by atoms with van der Waals surface area (Å²) in [5.41, 5.74) is 5.86. The van der Waals surface area contributed by atoms with E-state index in [9.17, 15) is 4.79 Å². The van der Waals surface area contributed by atoms with Gasteiger partial charge in [-0.2, -0.15) is 0 Å². The lowest BCUT2D eigenvalue weighted by atomic mass is 9.81. The summed E-state index contributed by atoms with van der Waals surface area (Å²) in [5, 5.41) is 2.96. The van der Waals surface area contributed by atoms with Gasteiger partial charge < -0.3 is 15.5 Å². The van der Waals surface area contributed by atoms with Crippen molar-refractivity contribution in [3.8, 4) is 0 Å². The minimum Gasteiger partial charge on any atom is -0.436 e. The van der Waals surface area contributed by atoms with E-state index in [1.54, 1.807) is 13.8 Å². The number of aromatic nitrogens is 1. The quantitative estimate of drug-likeness (QED) is 0.828. The Balaban J connectivity index is 2.20. The van der Waals surface area contributed by atoms with Crippen LogP contribution in [0.4, 0.5) is 0 Å². The summed E-state index contributed by atoms with van der Waals surface area (Å²) in [6.07, 6.45) is 4.78. The second kappa shape index (κ2) is 5.28. The number of oxazole rings is 1. The summed E-state index contributed by atoms with van der Waals surface area (Å²) in [6.45, 7) is 3.47. The first kappa shape index (κ1) is 14.0. The van der Waals surface area contributed by atoms with Crippen molar-refractivity contribution < 1.29 is 9.21 Å². The lowest BCUT2D eigenvalue weighted by molar-refractivity contribution is 0.0878. The number of aryl methyl sites for hydroxylation is 2. The highest BCUT2D eigenvalue weighted by atomic mass is 32.1. The molecule has 2 rings (SSSR count). The van der Waals surface area contributed by atoms with Crippen LogP contribution in [-0.2, 0) is 0 Å². The molecule has 0 saturated heterocycles. The van der Waals surface area contributed by atoms with Gasteiger partial charge in [-0.15, -0.1) is 0 Å². The standard InChI is InChI=1S/C13H19N3O2S/c1-8-10(18-9(2)15-8)11(17)16-13(12(14)19)6-4-3-5-7-13/h3-7H2,1-2H3,(H2,14,19)(H,16,17). The summed E-state index contributed by atoms with van der Waals surface area (Å²) in [5.74, 6) is 0.446. The van der Waals surface area contributed by atoms with Crippen LogP contribution in [0.3, 0.4) is 0 Å². The lowest BCUT2D eigenvalue weighted by Gasteiger charge is -2.36. The third-order valence-corrected chi connectivity index (χ3v) is 4.03. The van der Waals surface area contributed by atoms with Crippen LogP contribution < -0.4 is 11.1 Å². The normalized spacial score (nSPS) is 18.0. The van der Waals surface area contributed by atoms with Gasteiger partial charge in [-0.1, -0.05) is 31.5 Å². The first-order valence-corrected chi connectivity index (χ1v) is 6.92. The molecule has 0 unspecified atom stereocenters. The molecule has 3 N–H and O–H groups in total. The summed E-state index contributed by atoms with van der Waals surface area (Å²) in [6, 6.07) is 0. The Hall–Kier alpha value is -1.43. The smallest absolute Gasteiger partial charge is 0.289 e. The maximum absolute atomic E-state index is 12.3. The molecule has 0 aromatic carbocycles. The highest BCUT2D eigenvalue weighted by Crippen LogP contribution is 2.29. The van der Waals surface area contributed by atoms with Crippen LogP contribution in [0.2, 0.25) is 0 Å². The van der Waals surface area contributed by atoms with Crippen molar-refractivity contribution in [1.29, 1.82) is 0 Å². The maximum atomic E-state index is 12.3. The summed E-state index contributed by atoms with van der Waals surface area (Å²) < 4.78 is 5.34. The van der Waals surface area contributed by atoms with Crippen LogP contribution in [0.25, 0.3) is 0 Å². The van der Waals surface area contributed by atoms with E-state index in [4.69, 9.17) is 22.4 Å². The van der Waals surface area contributed by atoms with Crippen molar-refractivity contribution in [3.63, 3.8) is 0 Å². The molecule has 1 aromatic heterocycles. The zero-order valence-electron chi connectivity index (χ0n) is 11.3. The molecule has 104 valence electrons. The average Bonchev–Trinajstić information content (AvgIpc) is 2.69. The van der Waals surface area contributed by atoms with Gasteiger partial charge in [0, 0.05) is 6.92 Å². The molecular weight excluding hydrogens is 262 g/mol. The van der Waals surface area contributed by atoms with Crippen molar-refractivity contribution in [2.45, 2.75) is 51.5 Å². The molecule has 0 bridgehead atoms. The fraction of sp³-hybridized carbons (Fsp3) is 0.615. The topological polar surface area (TPSA) is 81.2 Å². The molecule has 1 saturated carbocycles. The molecule has 0 atom stereocenters. The van der Waals surface area contributed by atoms with E-state index in [1.807, 2.05) is 0 Å². The van der Waals surface area contributed by atoms with Gasteiger partial charge in [0.2, 0.25) is 5.76 Å². The second-order valence-electron chi connectivity index (χ2n) is 5.11. The van der Waals surface area contributed by atoms with Crippen LogP contribution in [0.15, 0.2) is 4.42 Å². The molecule has 1 heterocycles. The van der Waals surface area contributed by atoms with Gasteiger partial charge in [0.15, 0.2) is 5.89 Å². The summed E-state index contributed by atoms with van der Waals surface area (Å²) in [4.78, 5) is 16.8. The minimum atomic E-state index is -0.572. The van der Waals surface area contributed by atoms with Crippen LogP contribution in [0.1, 0.15) is 54.2 Å². The van der Waals surface area contributed by atoms with Gasteiger partial charge in [0.1, 0.15) is 0 Å². The fourth-order valence-corrected chi connectivity index (χ4v) is 2.86. The number of nitrogens with one attached hydrogen (secondary N) is 1. The zero-order valence-corrected chi connectivity index (χ0v) is 12.1. The highest BCUT2D eigenvalue weighted by molar-refractivity contribution is 7.80. The molecular formula is C13H19N3O2S. The van der Waals surface area contributed by atoms with Crippen molar-refractivity contribution in [3.05, 3.63) is 17.3 Å². The number of nitrogens with two attached hydrogens (primary N) is 1. The molecule has 1 aliphatic rings. The average molecular weight is 281 g/mol. The molecule has 19 heavy (non-hydrogen) atoms. The molecule has 6 heteroatoms. The Kier molecular flexibility index (Phi) is 3.89. The van der Waals surface area contributed by atoms with E-state index in [2.05, 4.69) is 10.3 Å². The van der Waals surface area contributed by atoms with Gasteiger partial charge in [0.05, 0.1) is 16.2 Å². The third-order valence-electron chi connectivity index (χ3n) is 3.64. The number of carbonyl (C=O) groups excluding carboxylic acids is 1. The van der Waals surface area contributed by atoms with Gasteiger partial charge in [-0.05, 0) is 19.8 Å².